The number of aryl methyl sites for hydroxylation is 1. The third-order valence-corrected chi connectivity index (χ3v) is 8.93. The van der Waals surface area contributed by atoms with Gasteiger partial charge in [-0.05, 0) is 53.0 Å². The Morgan fingerprint density at radius 2 is 2.06 bits per heavy atom. The summed E-state index contributed by atoms with van der Waals surface area (Å²) < 4.78 is 11.7. The second-order valence-electron chi connectivity index (χ2n) is 10.1. The van der Waals surface area contributed by atoms with Gasteiger partial charge in [-0.15, -0.1) is 11.3 Å². The molecule has 3 aromatic heterocycles. The molecule has 1 amide bonds. The molecule has 0 fully saturated rings. The Bertz CT molecular complexity index is 1460. The minimum absolute atomic E-state index is 0.0735. The highest BCUT2D eigenvalue weighted by Crippen LogP contribution is 2.31. The maximum absolute atomic E-state index is 12.7. The average Bonchev–Trinajstić information content (AvgIpc) is 3.51. The normalized spacial score (nSPS) is 16.2. The van der Waals surface area contributed by atoms with Gasteiger partial charge in [0, 0.05) is 35.0 Å². The number of H-pyrrole nitrogens is 1. The molecule has 186 valence electrons. The molecule has 0 saturated heterocycles. The Hall–Kier alpha value is -3.01. The maximum atomic E-state index is 12.7. The number of benzene rings is 1. The topological polar surface area (TPSA) is 107 Å². The average molecular weight is 520 g/mol. The van der Waals surface area contributed by atoms with Gasteiger partial charge < -0.3 is 14.9 Å². The molecule has 1 atom stereocenters. The van der Waals surface area contributed by atoms with Crippen LogP contribution in [0.5, 0.6) is 0 Å². The highest BCUT2D eigenvalue weighted by molar-refractivity contribution is 7.91. The Morgan fingerprint density at radius 3 is 2.75 bits per heavy atom. The number of rotatable bonds is 5. The monoisotopic (exact) mass is 519 g/mol. The van der Waals surface area contributed by atoms with Crippen LogP contribution < -0.4 is 5.32 Å². The Kier molecular flexibility index (Phi) is 6.72. The smallest absolute Gasteiger partial charge is 0.263 e. The van der Waals surface area contributed by atoms with Crippen LogP contribution in [0.3, 0.4) is 0 Å². The van der Waals surface area contributed by atoms with Crippen molar-refractivity contribution in [2.24, 2.45) is 0 Å². The first-order valence-electron chi connectivity index (χ1n) is 11.9. The Labute approximate surface area is 217 Å². The number of nitrogens with one attached hydrogen (secondary N) is 2. The van der Waals surface area contributed by atoms with E-state index in [0.717, 1.165) is 50.5 Å². The number of aromatic amines is 1. The van der Waals surface area contributed by atoms with E-state index in [0.29, 0.717) is 22.9 Å². The number of thiazole rings is 1. The highest BCUT2D eigenvalue weighted by atomic mass is 32.2. The minimum Gasteiger partial charge on any atom is -0.616 e. The van der Waals surface area contributed by atoms with Crippen molar-refractivity contribution in [2.75, 3.05) is 11.5 Å². The van der Waals surface area contributed by atoms with Crippen molar-refractivity contribution < 1.29 is 9.35 Å². The van der Waals surface area contributed by atoms with Gasteiger partial charge >= 0.3 is 0 Å². The number of fused-ring (bicyclic) bond motifs is 1. The molecule has 36 heavy (non-hydrogen) atoms. The third-order valence-electron chi connectivity index (χ3n) is 6.31. The van der Waals surface area contributed by atoms with Crippen LogP contribution in [0.4, 0.5) is 0 Å². The van der Waals surface area contributed by atoms with Crippen LogP contribution in [0.1, 0.15) is 58.7 Å². The van der Waals surface area contributed by atoms with E-state index >= 15 is 0 Å². The molecule has 1 unspecified atom stereocenters. The number of hydrogen-bond acceptors (Lipinski definition) is 6. The molecular weight excluding hydrogens is 490 g/mol. The molecule has 0 spiro atoms. The van der Waals surface area contributed by atoms with Gasteiger partial charge in [-0.2, -0.15) is 0 Å². The molecule has 4 heterocycles. The molecule has 1 aliphatic rings. The van der Waals surface area contributed by atoms with Crippen LogP contribution in [0, 0.1) is 6.92 Å². The van der Waals surface area contributed by atoms with Crippen molar-refractivity contribution in [3.8, 4) is 11.3 Å². The zero-order valence-corrected chi connectivity index (χ0v) is 22.5. The second kappa shape index (κ2) is 9.80. The summed E-state index contributed by atoms with van der Waals surface area (Å²) in [6.07, 6.45) is 6.08. The second-order valence-corrected chi connectivity index (χ2v) is 12.7. The van der Waals surface area contributed by atoms with Crippen LogP contribution in [-0.4, -0.2) is 41.9 Å². The minimum atomic E-state index is -0.757. The first kappa shape index (κ1) is 24.7. The number of hydrogen-bond donors (Lipinski definition) is 2. The van der Waals surface area contributed by atoms with Crippen molar-refractivity contribution >= 4 is 45.0 Å². The van der Waals surface area contributed by atoms with E-state index in [1.54, 1.807) is 12.5 Å². The molecule has 7 nitrogen and oxygen atoms in total. The molecule has 5 rings (SSSR count). The van der Waals surface area contributed by atoms with E-state index in [2.05, 4.69) is 64.2 Å². The third kappa shape index (κ3) is 5.09. The highest BCUT2D eigenvalue weighted by Gasteiger charge is 2.21. The van der Waals surface area contributed by atoms with Crippen LogP contribution in [0.15, 0.2) is 42.9 Å². The Balaban J connectivity index is 1.34. The van der Waals surface area contributed by atoms with Gasteiger partial charge in [-0.3, -0.25) is 4.79 Å². The predicted octanol–water partition coefficient (Wildman–Crippen LogP) is 5.15. The molecule has 2 N–H and O–H groups in total. The van der Waals surface area contributed by atoms with Crippen LogP contribution in [0.25, 0.3) is 27.9 Å². The SMILES string of the molecule is Cc1cc(-c2ncnc3[nH]c(C4=CC[S+]([O-])CC4)cc23)ccc1CNC(=O)c1cnc(C(C)(C)C)s1. The summed E-state index contributed by atoms with van der Waals surface area (Å²) in [4.78, 5) is 30.1. The summed E-state index contributed by atoms with van der Waals surface area (Å²) in [5.74, 6) is 1.18. The van der Waals surface area contributed by atoms with E-state index in [4.69, 9.17) is 0 Å². The van der Waals surface area contributed by atoms with E-state index < -0.39 is 11.2 Å². The van der Waals surface area contributed by atoms with Gasteiger partial charge in [0.05, 0.1) is 16.9 Å². The summed E-state index contributed by atoms with van der Waals surface area (Å²) in [7, 11) is 0. The number of amides is 1. The van der Waals surface area contributed by atoms with Crippen LogP contribution >= 0.6 is 11.3 Å². The number of carbonyl (C=O) groups excluding carboxylic acids is 1. The largest absolute Gasteiger partial charge is 0.616 e. The van der Waals surface area contributed by atoms with Gasteiger partial charge in [0.1, 0.15) is 28.4 Å². The number of nitrogens with zero attached hydrogens (tertiary/aromatic N) is 3. The molecule has 1 aliphatic heterocycles. The van der Waals surface area contributed by atoms with Crippen molar-refractivity contribution in [3.63, 3.8) is 0 Å². The number of carbonyl (C=O) groups is 1. The van der Waals surface area contributed by atoms with Crippen molar-refractivity contribution in [1.82, 2.24) is 25.3 Å². The molecule has 0 bridgehead atoms. The Morgan fingerprint density at radius 1 is 1.22 bits per heavy atom. The van der Waals surface area contributed by atoms with Gasteiger partial charge in [-0.1, -0.05) is 32.9 Å². The lowest BCUT2D eigenvalue weighted by Crippen LogP contribution is -2.22. The lowest BCUT2D eigenvalue weighted by Gasteiger charge is -2.15. The molecule has 0 aliphatic carbocycles. The fourth-order valence-electron chi connectivity index (χ4n) is 4.22. The van der Waals surface area contributed by atoms with E-state index in [9.17, 15) is 9.35 Å². The van der Waals surface area contributed by atoms with E-state index in [1.165, 1.54) is 16.9 Å². The summed E-state index contributed by atoms with van der Waals surface area (Å²) in [5.41, 5.74) is 6.89. The van der Waals surface area contributed by atoms with E-state index in [-0.39, 0.29) is 11.3 Å². The van der Waals surface area contributed by atoms with Crippen LogP contribution in [-0.2, 0) is 23.1 Å². The summed E-state index contributed by atoms with van der Waals surface area (Å²) in [6, 6.07) is 8.27. The lowest BCUT2D eigenvalue weighted by molar-refractivity contribution is 0.0954. The van der Waals surface area contributed by atoms with Gasteiger partial charge in [-0.25, -0.2) is 15.0 Å². The molecular formula is C27H29N5O2S2. The zero-order valence-electron chi connectivity index (χ0n) is 20.8. The lowest BCUT2D eigenvalue weighted by atomic mass is 9.98. The van der Waals surface area contributed by atoms with Crippen molar-refractivity contribution in [3.05, 3.63) is 69.6 Å². The summed E-state index contributed by atoms with van der Waals surface area (Å²) in [5, 5.41) is 4.94. The van der Waals surface area contributed by atoms with Crippen molar-refractivity contribution in [2.45, 2.75) is 46.1 Å². The maximum Gasteiger partial charge on any atom is 0.263 e. The fourth-order valence-corrected chi connectivity index (χ4v) is 6.11. The first-order chi connectivity index (χ1) is 17.2. The summed E-state index contributed by atoms with van der Waals surface area (Å²) >= 11 is 0.684. The molecule has 0 radical (unpaired) electrons. The van der Waals surface area contributed by atoms with E-state index in [1.807, 2.05) is 19.1 Å². The number of allylic oxidation sites excluding steroid dienone is 1. The fraction of sp³-hybridized carbons (Fsp3) is 0.333. The van der Waals surface area contributed by atoms with Crippen molar-refractivity contribution in [1.29, 1.82) is 0 Å². The standard InChI is InChI=1S/C27H29N5O2S2/c1-16-11-18(5-6-19(16)13-28-25(33)22-14-29-26(35-22)27(2,3)4)23-20-12-21(32-24(20)31-15-30-23)17-7-9-36(34)10-8-17/h5-7,11-12,14-15H,8-10,13H2,1-4H3,(H,28,33)(H,30,31,32). The quantitative estimate of drug-likeness (QED) is 0.355. The molecule has 0 saturated carbocycles. The predicted molar refractivity (Wildman–Crippen MR) is 147 cm³/mol. The zero-order chi connectivity index (χ0) is 25.4. The molecule has 1 aromatic carbocycles. The van der Waals surface area contributed by atoms with Crippen LogP contribution in [0.2, 0.25) is 0 Å². The summed E-state index contributed by atoms with van der Waals surface area (Å²) in [6.45, 7) is 8.76. The van der Waals surface area contributed by atoms with Gasteiger partial charge in [0.2, 0.25) is 0 Å². The van der Waals surface area contributed by atoms with Gasteiger partial charge in [0.15, 0.2) is 0 Å². The molecule has 9 heteroatoms. The first-order valence-corrected chi connectivity index (χ1v) is 14.2. The molecule has 4 aromatic rings. The number of aromatic nitrogens is 4. The van der Waals surface area contributed by atoms with Gasteiger partial charge in [0.25, 0.3) is 5.91 Å².